The molecule has 0 spiro atoms. The van der Waals surface area contributed by atoms with E-state index in [0.717, 1.165) is 23.3 Å². The molecule has 4 nitrogen and oxygen atoms in total. The number of aromatic nitrogens is 2. The van der Waals surface area contributed by atoms with Crippen molar-refractivity contribution in [1.29, 1.82) is 5.26 Å². The minimum Gasteiger partial charge on any atom is -0.297 e. The van der Waals surface area contributed by atoms with Gasteiger partial charge >= 0.3 is 0 Å². The number of nitriles is 1. The summed E-state index contributed by atoms with van der Waals surface area (Å²) < 4.78 is 3.09. The molecule has 17 heavy (non-hydrogen) atoms. The predicted octanol–water partition coefficient (Wildman–Crippen LogP) is 2.71. The van der Waals surface area contributed by atoms with Gasteiger partial charge in [-0.1, -0.05) is 0 Å². The largest absolute Gasteiger partial charge is 0.297 e. The van der Waals surface area contributed by atoms with Crippen molar-refractivity contribution >= 4 is 15.9 Å². The Morgan fingerprint density at radius 3 is 2.76 bits per heavy atom. The van der Waals surface area contributed by atoms with Gasteiger partial charge in [0.2, 0.25) is 0 Å². The lowest BCUT2D eigenvalue weighted by Crippen LogP contribution is -2.29. The van der Waals surface area contributed by atoms with Crippen molar-refractivity contribution in [3.05, 3.63) is 15.9 Å². The van der Waals surface area contributed by atoms with E-state index in [1.54, 1.807) is 0 Å². The Morgan fingerprint density at radius 1 is 1.59 bits per heavy atom. The lowest BCUT2D eigenvalue weighted by atomic mass is 10.2. The van der Waals surface area contributed by atoms with Gasteiger partial charge in [0, 0.05) is 19.1 Å². The van der Waals surface area contributed by atoms with Gasteiger partial charge in [0.25, 0.3) is 0 Å². The van der Waals surface area contributed by atoms with E-state index < -0.39 is 0 Å². The van der Waals surface area contributed by atoms with Crippen molar-refractivity contribution in [2.24, 2.45) is 0 Å². The lowest BCUT2D eigenvalue weighted by molar-refractivity contribution is 0.244. The second kappa shape index (κ2) is 6.18. The molecule has 1 unspecified atom stereocenters. The van der Waals surface area contributed by atoms with Crippen molar-refractivity contribution in [3.8, 4) is 6.07 Å². The van der Waals surface area contributed by atoms with E-state index in [2.05, 4.69) is 45.8 Å². The lowest BCUT2D eigenvalue weighted by Gasteiger charge is -2.23. The average Bonchev–Trinajstić information content (AvgIpc) is 2.57. The van der Waals surface area contributed by atoms with Gasteiger partial charge in [-0.05, 0) is 43.7 Å². The van der Waals surface area contributed by atoms with Gasteiger partial charge in [0.1, 0.15) is 0 Å². The summed E-state index contributed by atoms with van der Waals surface area (Å²) >= 11 is 3.58. The van der Waals surface area contributed by atoms with E-state index in [1.165, 1.54) is 5.69 Å². The number of halogens is 1. The molecule has 1 atom stereocenters. The Hall–Kier alpha value is -0.860. The fourth-order valence-electron chi connectivity index (χ4n) is 1.70. The van der Waals surface area contributed by atoms with Crippen LogP contribution < -0.4 is 0 Å². The maximum absolute atomic E-state index is 8.71. The highest BCUT2D eigenvalue weighted by molar-refractivity contribution is 9.10. The van der Waals surface area contributed by atoms with Crippen LogP contribution in [-0.4, -0.2) is 27.8 Å². The molecule has 0 amide bonds. The first-order chi connectivity index (χ1) is 8.01. The molecule has 0 aliphatic rings. The number of rotatable bonds is 5. The summed E-state index contributed by atoms with van der Waals surface area (Å²) in [4.78, 5) is 2.18. The van der Waals surface area contributed by atoms with Gasteiger partial charge < -0.3 is 0 Å². The van der Waals surface area contributed by atoms with Crippen LogP contribution in [0.5, 0.6) is 0 Å². The average molecular weight is 299 g/mol. The monoisotopic (exact) mass is 298 g/mol. The summed E-state index contributed by atoms with van der Waals surface area (Å²) in [5.74, 6) is 0. The molecule has 1 rings (SSSR count). The van der Waals surface area contributed by atoms with Crippen LogP contribution in [0.1, 0.15) is 31.7 Å². The highest BCUT2D eigenvalue weighted by Crippen LogP contribution is 2.22. The molecule has 1 aromatic rings. The van der Waals surface area contributed by atoms with Gasteiger partial charge in [-0.15, -0.1) is 0 Å². The molecule has 0 saturated heterocycles. The maximum atomic E-state index is 8.71. The zero-order chi connectivity index (χ0) is 13.0. The van der Waals surface area contributed by atoms with Crippen LogP contribution in [0.2, 0.25) is 0 Å². The quantitative estimate of drug-likeness (QED) is 0.839. The minimum absolute atomic E-state index is 0.257. The summed E-state index contributed by atoms with van der Waals surface area (Å²) in [5, 5.41) is 13.2. The van der Waals surface area contributed by atoms with E-state index in [4.69, 9.17) is 5.26 Å². The minimum atomic E-state index is 0.257. The maximum Gasteiger partial charge on any atom is 0.0739 e. The second-order valence-electron chi connectivity index (χ2n) is 4.29. The van der Waals surface area contributed by atoms with E-state index >= 15 is 0 Å². The first kappa shape index (κ1) is 14.2. The second-order valence-corrected chi connectivity index (χ2v) is 5.08. The summed E-state index contributed by atoms with van der Waals surface area (Å²) in [5.41, 5.74) is 2.19. The Morgan fingerprint density at radius 2 is 2.24 bits per heavy atom. The smallest absolute Gasteiger partial charge is 0.0739 e. The van der Waals surface area contributed by atoms with Crippen LogP contribution in [0, 0.1) is 18.3 Å². The molecular formula is C12H19BrN4. The molecule has 0 fully saturated rings. The molecule has 1 aromatic heterocycles. The van der Waals surface area contributed by atoms with E-state index in [1.807, 2.05) is 18.7 Å². The molecule has 5 heteroatoms. The molecule has 0 aliphatic heterocycles. The van der Waals surface area contributed by atoms with Crippen molar-refractivity contribution in [2.45, 2.75) is 46.3 Å². The summed E-state index contributed by atoms with van der Waals surface area (Å²) in [6.07, 6.45) is 0.549. The molecule has 94 valence electrons. The van der Waals surface area contributed by atoms with Gasteiger partial charge in [-0.25, -0.2) is 0 Å². The molecule has 0 aliphatic carbocycles. The number of aryl methyl sites for hydroxylation is 2. The normalized spacial score (nSPS) is 12.8. The van der Waals surface area contributed by atoms with Crippen molar-refractivity contribution in [2.75, 3.05) is 7.05 Å². The third-order valence-electron chi connectivity index (χ3n) is 2.99. The Balaban J connectivity index is 2.84. The van der Waals surface area contributed by atoms with E-state index in [-0.39, 0.29) is 6.04 Å². The standard InChI is InChI=1S/C12H19BrN4/c1-5-17-11(12(13)10(3)15-17)8-16(4)9(2)6-7-14/h9H,5-6,8H2,1-4H3. The fraction of sp³-hybridized carbons (Fsp3) is 0.667. The number of hydrogen-bond acceptors (Lipinski definition) is 3. The van der Waals surface area contributed by atoms with Crippen LogP contribution in [0.3, 0.4) is 0 Å². The zero-order valence-electron chi connectivity index (χ0n) is 10.9. The Kier molecular flexibility index (Phi) is 5.16. The third-order valence-corrected chi connectivity index (χ3v) is 4.02. The van der Waals surface area contributed by atoms with Crippen LogP contribution in [0.4, 0.5) is 0 Å². The van der Waals surface area contributed by atoms with Crippen LogP contribution in [0.15, 0.2) is 4.47 Å². The van der Waals surface area contributed by atoms with Gasteiger partial charge in [-0.3, -0.25) is 9.58 Å². The van der Waals surface area contributed by atoms with Crippen LogP contribution in [0.25, 0.3) is 0 Å². The third kappa shape index (κ3) is 3.30. The van der Waals surface area contributed by atoms with Crippen molar-refractivity contribution in [3.63, 3.8) is 0 Å². The number of hydrogen-bond donors (Lipinski definition) is 0. The first-order valence-electron chi connectivity index (χ1n) is 5.80. The molecule has 1 heterocycles. The van der Waals surface area contributed by atoms with Crippen LogP contribution >= 0.6 is 15.9 Å². The Labute approximate surface area is 111 Å². The van der Waals surface area contributed by atoms with Crippen molar-refractivity contribution < 1.29 is 0 Å². The predicted molar refractivity (Wildman–Crippen MR) is 71.5 cm³/mol. The highest BCUT2D eigenvalue weighted by Gasteiger charge is 2.16. The number of nitrogens with zero attached hydrogens (tertiary/aromatic N) is 4. The molecular weight excluding hydrogens is 280 g/mol. The van der Waals surface area contributed by atoms with E-state index in [9.17, 15) is 0 Å². The zero-order valence-corrected chi connectivity index (χ0v) is 12.5. The molecule has 0 aromatic carbocycles. The van der Waals surface area contributed by atoms with E-state index in [0.29, 0.717) is 6.42 Å². The summed E-state index contributed by atoms with van der Waals surface area (Å²) in [6.45, 7) is 7.82. The topological polar surface area (TPSA) is 44.9 Å². The molecule has 0 bridgehead atoms. The molecule has 0 N–H and O–H groups in total. The summed E-state index contributed by atoms with van der Waals surface area (Å²) in [7, 11) is 2.04. The van der Waals surface area contributed by atoms with Gasteiger partial charge in [0.05, 0.1) is 28.4 Å². The van der Waals surface area contributed by atoms with Crippen LogP contribution in [-0.2, 0) is 13.1 Å². The molecule has 0 radical (unpaired) electrons. The highest BCUT2D eigenvalue weighted by atomic mass is 79.9. The SMILES string of the molecule is CCn1nc(C)c(Br)c1CN(C)C(C)CC#N. The first-order valence-corrected chi connectivity index (χ1v) is 6.59. The fourth-order valence-corrected chi connectivity index (χ4v) is 2.11. The van der Waals surface area contributed by atoms with Gasteiger partial charge in [-0.2, -0.15) is 10.4 Å². The summed E-state index contributed by atoms with van der Waals surface area (Å²) in [6, 6.07) is 2.46. The van der Waals surface area contributed by atoms with Crippen molar-refractivity contribution in [1.82, 2.24) is 14.7 Å². The van der Waals surface area contributed by atoms with Gasteiger partial charge in [0.15, 0.2) is 0 Å². The Bertz CT molecular complexity index is 419. The molecule has 0 saturated carbocycles.